The zero-order valence-electron chi connectivity index (χ0n) is 19.4. The Labute approximate surface area is 214 Å². The van der Waals surface area contributed by atoms with Gasteiger partial charge < -0.3 is 10.1 Å². The van der Waals surface area contributed by atoms with E-state index < -0.39 is 28.4 Å². The number of hydrogen-bond acceptors (Lipinski definition) is 6. The zero-order chi connectivity index (χ0) is 25.6. The van der Waals surface area contributed by atoms with E-state index in [-0.39, 0.29) is 22.1 Å². The highest BCUT2D eigenvalue weighted by molar-refractivity contribution is 7.98. The molecule has 10 heteroatoms. The molecule has 0 aliphatic carbocycles. The summed E-state index contributed by atoms with van der Waals surface area (Å²) in [7, 11) is -4.04. The molecule has 0 atom stereocenters. The summed E-state index contributed by atoms with van der Waals surface area (Å²) >= 11 is 7.68. The SMILES string of the molecule is CCOC(=O)c1ccc(NC(=O)CN(c2ccc(C)cc2)S(=O)(=O)c2ccc(SC)cc2)cc1Cl. The number of aryl methyl sites for hydroxylation is 1. The number of ether oxygens (including phenoxy) is 1. The molecule has 184 valence electrons. The lowest BCUT2D eigenvalue weighted by Crippen LogP contribution is -2.38. The third kappa shape index (κ3) is 6.56. The van der Waals surface area contributed by atoms with Crippen LogP contribution in [0.25, 0.3) is 0 Å². The lowest BCUT2D eigenvalue weighted by atomic mass is 10.2. The summed E-state index contributed by atoms with van der Waals surface area (Å²) in [5.41, 5.74) is 1.80. The van der Waals surface area contributed by atoms with Gasteiger partial charge in [0, 0.05) is 10.6 Å². The number of benzene rings is 3. The molecule has 0 saturated heterocycles. The smallest absolute Gasteiger partial charge is 0.339 e. The van der Waals surface area contributed by atoms with Gasteiger partial charge in [-0.05, 0) is 74.7 Å². The van der Waals surface area contributed by atoms with Crippen LogP contribution in [0.15, 0.2) is 76.5 Å². The van der Waals surface area contributed by atoms with Gasteiger partial charge in [0.2, 0.25) is 5.91 Å². The largest absolute Gasteiger partial charge is 0.462 e. The third-order valence-electron chi connectivity index (χ3n) is 5.00. The molecular formula is C25H25ClN2O5S2. The molecule has 3 rings (SSSR count). The average molecular weight is 533 g/mol. The maximum absolute atomic E-state index is 13.5. The van der Waals surface area contributed by atoms with Gasteiger partial charge in [0.1, 0.15) is 6.54 Å². The standard InChI is InChI=1S/C25H25ClN2O5S2/c1-4-33-25(30)22-14-7-18(15-23(22)26)27-24(29)16-28(19-8-5-17(2)6-9-19)35(31,32)21-12-10-20(34-3)11-13-21/h5-15H,4,16H2,1-3H3,(H,27,29). The first-order valence-corrected chi connectivity index (χ1v) is 13.7. The van der Waals surface area contributed by atoms with Crippen LogP contribution in [0.2, 0.25) is 5.02 Å². The van der Waals surface area contributed by atoms with Crippen LogP contribution < -0.4 is 9.62 Å². The molecule has 0 aliphatic rings. The number of halogens is 1. The molecule has 0 heterocycles. The Morgan fingerprint density at radius 2 is 1.69 bits per heavy atom. The Morgan fingerprint density at radius 1 is 1.03 bits per heavy atom. The summed E-state index contributed by atoms with van der Waals surface area (Å²) in [6.45, 7) is 3.31. The maximum atomic E-state index is 13.5. The van der Waals surface area contributed by atoms with E-state index in [2.05, 4.69) is 5.32 Å². The Kier molecular flexibility index (Phi) is 8.82. The number of rotatable bonds is 9. The molecule has 1 N–H and O–H groups in total. The Hall–Kier alpha value is -3.01. The molecule has 0 saturated carbocycles. The molecule has 0 aromatic heterocycles. The van der Waals surface area contributed by atoms with Crippen LogP contribution in [-0.4, -0.2) is 39.7 Å². The summed E-state index contributed by atoms with van der Waals surface area (Å²) in [6, 6.07) is 17.7. The van der Waals surface area contributed by atoms with Gasteiger partial charge in [-0.3, -0.25) is 9.10 Å². The molecule has 0 aliphatic heterocycles. The number of nitrogens with one attached hydrogen (secondary N) is 1. The fourth-order valence-electron chi connectivity index (χ4n) is 3.20. The van der Waals surface area contributed by atoms with Crippen LogP contribution in [0.1, 0.15) is 22.8 Å². The lowest BCUT2D eigenvalue weighted by Gasteiger charge is -2.24. The van der Waals surface area contributed by atoms with Crippen LogP contribution in [-0.2, 0) is 19.6 Å². The molecular weight excluding hydrogens is 508 g/mol. The normalized spacial score (nSPS) is 11.1. The maximum Gasteiger partial charge on any atom is 0.339 e. The molecule has 0 fully saturated rings. The molecule has 1 amide bonds. The minimum Gasteiger partial charge on any atom is -0.462 e. The number of carbonyl (C=O) groups excluding carboxylic acids is 2. The van der Waals surface area contributed by atoms with Crippen molar-refractivity contribution in [2.24, 2.45) is 0 Å². The summed E-state index contributed by atoms with van der Waals surface area (Å²) in [6.07, 6.45) is 1.90. The Bertz CT molecular complexity index is 1310. The topological polar surface area (TPSA) is 92.8 Å². The highest BCUT2D eigenvalue weighted by atomic mass is 35.5. The Morgan fingerprint density at radius 3 is 2.26 bits per heavy atom. The number of amides is 1. The van der Waals surface area contributed by atoms with Crippen molar-refractivity contribution in [1.82, 2.24) is 0 Å². The van der Waals surface area contributed by atoms with Gasteiger partial charge in [-0.1, -0.05) is 29.3 Å². The monoisotopic (exact) mass is 532 g/mol. The molecule has 0 radical (unpaired) electrons. The second kappa shape index (κ2) is 11.6. The molecule has 3 aromatic carbocycles. The van der Waals surface area contributed by atoms with Crippen LogP contribution >= 0.6 is 23.4 Å². The minimum absolute atomic E-state index is 0.0745. The second-order valence-electron chi connectivity index (χ2n) is 7.49. The highest BCUT2D eigenvalue weighted by Crippen LogP contribution is 2.27. The molecule has 0 spiro atoms. The van der Waals surface area contributed by atoms with Gasteiger partial charge in [-0.25, -0.2) is 13.2 Å². The van der Waals surface area contributed by atoms with Gasteiger partial charge >= 0.3 is 5.97 Å². The van der Waals surface area contributed by atoms with Gasteiger partial charge in [-0.15, -0.1) is 11.8 Å². The molecule has 3 aromatic rings. The van der Waals surface area contributed by atoms with Gasteiger partial charge in [0.05, 0.1) is 27.8 Å². The fourth-order valence-corrected chi connectivity index (χ4v) is 5.29. The molecule has 0 bridgehead atoms. The van der Waals surface area contributed by atoms with E-state index in [4.69, 9.17) is 16.3 Å². The summed E-state index contributed by atoms with van der Waals surface area (Å²) in [5.74, 6) is -1.14. The number of esters is 1. The molecule has 7 nitrogen and oxygen atoms in total. The average Bonchev–Trinajstić information content (AvgIpc) is 2.83. The Balaban J connectivity index is 1.87. The fraction of sp³-hybridized carbons (Fsp3) is 0.200. The van der Waals surface area contributed by atoms with E-state index >= 15 is 0 Å². The van der Waals surface area contributed by atoms with E-state index in [0.717, 1.165) is 14.8 Å². The van der Waals surface area contributed by atoms with Crippen LogP contribution in [0.5, 0.6) is 0 Å². The lowest BCUT2D eigenvalue weighted by molar-refractivity contribution is -0.114. The number of anilines is 2. The van der Waals surface area contributed by atoms with E-state index in [1.807, 2.05) is 13.2 Å². The van der Waals surface area contributed by atoms with Gasteiger partial charge in [-0.2, -0.15) is 0 Å². The van der Waals surface area contributed by atoms with Crippen LogP contribution in [0, 0.1) is 6.92 Å². The second-order valence-corrected chi connectivity index (χ2v) is 10.6. The predicted octanol–water partition coefficient (Wildman–Crippen LogP) is 5.38. The number of thioether (sulfide) groups is 1. The first-order chi connectivity index (χ1) is 16.6. The summed E-state index contributed by atoms with van der Waals surface area (Å²) < 4.78 is 33.0. The first kappa shape index (κ1) is 26.6. The minimum atomic E-state index is -4.04. The van der Waals surface area contributed by atoms with E-state index in [9.17, 15) is 18.0 Å². The first-order valence-electron chi connectivity index (χ1n) is 10.7. The van der Waals surface area contributed by atoms with E-state index in [1.54, 1.807) is 43.3 Å². The van der Waals surface area contributed by atoms with Gasteiger partial charge in [0.25, 0.3) is 10.0 Å². The number of nitrogens with zero attached hydrogens (tertiary/aromatic N) is 1. The predicted molar refractivity (Wildman–Crippen MR) is 140 cm³/mol. The zero-order valence-corrected chi connectivity index (χ0v) is 21.8. The third-order valence-corrected chi connectivity index (χ3v) is 7.85. The van der Waals surface area contributed by atoms with E-state index in [0.29, 0.717) is 11.4 Å². The van der Waals surface area contributed by atoms with Crippen LogP contribution in [0.3, 0.4) is 0 Å². The summed E-state index contributed by atoms with van der Waals surface area (Å²) in [4.78, 5) is 25.9. The quantitative estimate of drug-likeness (QED) is 0.294. The summed E-state index contributed by atoms with van der Waals surface area (Å²) in [5, 5.41) is 2.76. The number of hydrogen-bond donors (Lipinski definition) is 1. The molecule has 0 unspecified atom stereocenters. The van der Waals surface area contributed by atoms with Crippen molar-refractivity contribution in [3.05, 3.63) is 82.9 Å². The van der Waals surface area contributed by atoms with Crippen molar-refractivity contribution in [1.29, 1.82) is 0 Å². The highest BCUT2D eigenvalue weighted by Gasteiger charge is 2.27. The van der Waals surface area contributed by atoms with Crippen molar-refractivity contribution in [3.8, 4) is 0 Å². The van der Waals surface area contributed by atoms with E-state index in [1.165, 1.54) is 42.1 Å². The molecule has 35 heavy (non-hydrogen) atoms. The van der Waals surface area contributed by atoms with Crippen molar-refractivity contribution >= 4 is 56.6 Å². The van der Waals surface area contributed by atoms with Crippen molar-refractivity contribution < 1.29 is 22.7 Å². The van der Waals surface area contributed by atoms with Crippen LogP contribution in [0.4, 0.5) is 11.4 Å². The van der Waals surface area contributed by atoms with Crippen molar-refractivity contribution in [2.45, 2.75) is 23.6 Å². The van der Waals surface area contributed by atoms with Crippen molar-refractivity contribution in [2.75, 3.05) is 29.0 Å². The van der Waals surface area contributed by atoms with Crippen molar-refractivity contribution in [3.63, 3.8) is 0 Å². The van der Waals surface area contributed by atoms with Gasteiger partial charge in [0.15, 0.2) is 0 Å². The number of sulfonamides is 1. The number of carbonyl (C=O) groups is 2.